The van der Waals surface area contributed by atoms with Gasteiger partial charge in [0.25, 0.3) is 0 Å². The van der Waals surface area contributed by atoms with Crippen LogP contribution in [0.4, 0.5) is 17.1 Å². The molecule has 13 aromatic carbocycles. The van der Waals surface area contributed by atoms with E-state index in [1.807, 2.05) is 0 Å². The van der Waals surface area contributed by atoms with Crippen LogP contribution in [-0.4, -0.2) is 0 Å². The molecule has 0 atom stereocenters. The van der Waals surface area contributed by atoms with Crippen LogP contribution in [0.3, 0.4) is 0 Å². The van der Waals surface area contributed by atoms with Crippen LogP contribution < -0.4 is 4.90 Å². The summed E-state index contributed by atoms with van der Waals surface area (Å²) >= 11 is 0. The van der Waals surface area contributed by atoms with Gasteiger partial charge in [-0.05, 0) is 169 Å². The average Bonchev–Trinajstić information content (AvgIpc) is 4.01. The summed E-state index contributed by atoms with van der Waals surface area (Å²) in [6.07, 6.45) is 0. The molecule has 1 heteroatoms. The number of hydrogen-bond donors (Lipinski definition) is 0. The van der Waals surface area contributed by atoms with Gasteiger partial charge in [-0.15, -0.1) is 0 Å². The van der Waals surface area contributed by atoms with Gasteiger partial charge in [-0.2, -0.15) is 0 Å². The monoisotopic (exact) mass is 925 g/mol. The van der Waals surface area contributed by atoms with Crippen molar-refractivity contribution in [1.29, 1.82) is 0 Å². The van der Waals surface area contributed by atoms with Crippen LogP contribution in [0.2, 0.25) is 0 Å². The van der Waals surface area contributed by atoms with Gasteiger partial charge in [0.2, 0.25) is 0 Å². The summed E-state index contributed by atoms with van der Waals surface area (Å²) in [6.45, 7) is 4.79. The summed E-state index contributed by atoms with van der Waals surface area (Å²) in [4.78, 5) is 2.60. The van der Waals surface area contributed by atoms with Gasteiger partial charge in [-0.1, -0.05) is 220 Å². The molecule has 73 heavy (non-hydrogen) atoms. The fourth-order valence-corrected chi connectivity index (χ4v) is 14.0. The van der Waals surface area contributed by atoms with Crippen molar-refractivity contribution in [2.75, 3.05) is 4.90 Å². The summed E-state index contributed by atoms with van der Waals surface area (Å²) < 4.78 is 0. The quantitative estimate of drug-likeness (QED) is 0.159. The number of benzene rings is 13. The molecular weight excluding hydrogens is 879 g/mol. The fourth-order valence-electron chi connectivity index (χ4n) is 14.0. The van der Waals surface area contributed by atoms with Gasteiger partial charge < -0.3 is 4.90 Å². The topological polar surface area (TPSA) is 3.24 Å². The van der Waals surface area contributed by atoms with E-state index < -0.39 is 5.41 Å². The third-order valence-corrected chi connectivity index (χ3v) is 17.2. The number of rotatable bonds is 4. The standard InChI is InChI=1S/C72H47N/c1-71(2)64-27-13-9-23-56(64)60-38-35-48(41-68(60)71)73(47-34-37-55-53-21-6-5-19-51(53)52-20-7-8-22-54(52)62(55)40-47)70-43-69-63(42-61(70)46-33-36-50-45(39-46)32-31-44-17-3-4-18-49(44)50)59-26-12-16-30-67(59)72(69)65-28-14-10-24-57(65)58-25-11-15-29-66(58)72/h3-43H,1-2H3. The van der Waals surface area contributed by atoms with Crippen LogP contribution in [0.1, 0.15) is 47.2 Å². The fraction of sp³-hybridized carbons (Fsp3) is 0.0556. The van der Waals surface area contributed by atoms with Crippen LogP contribution in [0.25, 0.3) is 98.4 Å². The molecule has 0 unspecified atom stereocenters. The Morgan fingerprint density at radius 3 is 1.37 bits per heavy atom. The van der Waals surface area contributed by atoms with E-state index in [2.05, 4.69) is 267 Å². The lowest BCUT2D eigenvalue weighted by atomic mass is 9.70. The minimum absolute atomic E-state index is 0.197. The van der Waals surface area contributed by atoms with Crippen molar-refractivity contribution < 1.29 is 0 Å². The molecule has 340 valence electrons. The molecule has 0 bridgehead atoms. The van der Waals surface area contributed by atoms with Crippen LogP contribution in [0, 0.1) is 0 Å². The molecule has 16 rings (SSSR count). The molecule has 0 aromatic heterocycles. The molecule has 0 N–H and O–H groups in total. The lowest BCUT2D eigenvalue weighted by Crippen LogP contribution is -2.26. The highest BCUT2D eigenvalue weighted by Gasteiger charge is 2.52. The van der Waals surface area contributed by atoms with E-state index in [0.29, 0.717) is 0 Å². The summed E-state index contributed by atoms with van der Waals surface area (Å²) in [5, 5.41) is 12.6. The smallest absolute Gasteiger partial charge is 0.0726 e. The molecule has 13 aromatic rings. The van der Waals surface area contributed by atoms with Gasteiger partial charge in [0.05, 0.1) is 11.1 Å². The zero-order valence-electron chi connectivity index (χ0n) is 40.6. The van der Waals surface area contributed by atoms with E-state index >= 15 is 0 Å². The maximum Gasteiger partial charge on any atom is 0.0726 e. The summed E-state index contributed by atoms with van der Waals surface area (Å²) in [5.74, 6) is 0. The molecule has 0 radical (unpaired) electrons. The molecule has 1 spiro atoms. The first-order valence-electron chi connectivity index (χ1n) is 25.7. The van der Waals surface area contributed by atoms with E-state index in [1.165, 1.54) is 132 Å². The third kappa shape index (κ3) is 5.41. The molecule has 0 aliphatic heterocycles. The lowest BCUT2D eigenvalue weighted by molar-refractivity contribution is 0.660. The molecule has 0 heterocycles. The van der Waals surface area contributed by atoms with Gasteiger partial charge in [-0.3, -0.25) is 0 Å². The molecule has 1 nitrogen and oxygen atoms in total. The van der Waals surface area contributed by atoms with Gasteiger partial charge in [0.15, 0.2) is 0 Å². The van der Waals surface area contributed by atoms with Crippen molar-refractivity contribution in [1.82, 2.24) is 0 Å². The normalized spacial score (nSPS) is 14.1. The largest absolute Gasteiger partial charge is 0.310 e. The Labute approximate surface area is 424 Å². The summed E-state index contributed by atoms with van der Waals surface area (Å²) in [5.41, 5.74) is 20.9. The van der Waals surface area contributed by atoms with E-state index in [9.17, 15) is 0 Å². The van der Waals surface area contributed by atoms with E-state index in [-0.39, 0.29) is 5.41 Å². The van der Waals surface area contributed by atoms with E-state index in [0.717, 1.165) is 17.1 Å². The Kier molecular flexibility index (Phi) is 8.22. The SMILES string of the molecule is CC1(C)c2ccccc2-c2ccc(N(c3ccc4c5ccccc5c5ccccc5c4c3)c3cc4c(cc3-c3ccc5c(ccc6ccccc65)c3)-c3ccccc3C43c4ccccc4-c4ccccc43)cc21. The second kappa shape index (κ2) is 14.8. The zero-order chi connectivity index (χ0) is 48.2. The molecule has 3 aliphatic carbocycles. The highest BCUT2D eigenvalue weighted by atomic mass is 15.1. The van der Waals surface area contributed by atoms with Gasteiger partial charge >= 0.3 is 0 Å². The van der Waals surface area contributed by atoms with Crippen molar-refractivity contribution in [3.8, 4) is 44.5 Å². The zero-order valence-corrected chi connectivity index (χ0v) is 40.6. The number of anilines is 3. The Hall–Kier alpha value is -9.04. The Morgan fingerprint density at radius 2 is 0.712 bits per heavy atom. The molecule has 0 amide bonds. The van der Waals surface area contributed by atoms with Crippen molar-refractivity contribution in [3.63, 3.8) is 0 Å². The van der Waals surface area contributed by atoms with E-state index in [4.69, 9.17) is 0 Å². The minimum Gasteiger partial charge on any atom is -0.310 e. The van der Waals surface area contributed by atoms with Crippen molar-refractivity contribution in [2.24, 2.45) is 0 Å². The lowest BCUT2D eigenvalue weighted by Gasteiger charge is -2.34. The Balaban J connectivity index is 1.05. The van der Waals surface area contributed by atoms with Crippen molar-refractivity contribution in [3.05, 3.63) is 282 Å². The number of fused-ring (bicyclic) bond motifs is 22. The van der Waals surface area contributed by atoms with E-state index in [1.54, 1.807) is 0 Å². The first-order valence-corrected chi connectivity index (χ1v) is 25.7. The Bertz CT molecular complexity index is 4470. The molecule has 0 fully saturated rings. The van der Waals surface area contributed by atoms with Crippen LogP contribution in [0.15, 0.2) is 249 Å². The minimum atomic E-state index is -0.527. The maximum absolute atomic E-state index is 2.60. The third-order valence-electron chi connectivity index (χ3n) is 17.2. The van der Waals surface area contributed by atoms with Gasteiger partial charge in [0, 0.05) is 22.4 Å². The van der Waals surface area contributed by atoms with Crippen molar-refractivity contribution in [2.45, 2.75) is 24.7 Å². The maximum atomic E-state index is 2.60. The Morgan fingerprint density at radius 1 is 0.260 bits per heavy atom. The molecule has 0 saturated carbocycles. The first kappa shape index (κ1) is 40.7. The first-order chi connectivity index (χ1) is 36.0. The highest BCUT2D eigenvalue weighted by molar-refractivity contribution is 6.26. The predicted octanol–water partition coefficient (Wildman–Crippen LogP) is 19.2. The molecule has 3 aliphatic rings. The second-order valence-corrected chi connectivity index (χ2v) is 21.1. The van der Waals surface area contributed by atoms with Crippen molar-refractivity contribution >= 4 is 70.9 Å². The van der Waals surface area contributed by atoms with Crippen LogP contribution in [-0.2, 0) is 10.8 Å². The second-order valence-electron chi connectivity index (χ2n) is 21.1. The predicted molar refractivity (Wildman–Crippen MR) is 308 cm³/mol. The molecule has 0 saturated heterocycles. The van der Waals surface area contributed by atoms with Crippen LogP contribution in [0.5, 0.6) is 0 Å². The van der Waals surface area contributed by atoms with Crippen LogP contribution >= 0.6 is 0 Å². The van der Waals surface area contributed by atoms with Gasteiger partial charge in [-0.25, -0.2) is 0 Å². The summed E-state index contributed by atoms with van der Waals surface area (Å²) in [7, 11) is 0. The van der Waals surface area contributed by atoms with Gasteiger partial charge in [0.1, 0.15) is 0 Å². The molecular formula is C72H47N. The summed E-state index contributed by atoms with van der Waals surface area (Å²) in [6, 6.07) is 94.6. The average molecular weight is 926 g/mol. The highest BCUT2D eigenvalue weighted by Crippen LogP contribution is 2.64. The number of hydrogen-bond acceptors (Lipinski definition) is 1. The number of nitrogens with zero attached hydrogens (tertiary/aromatic N) is 1.